The van der Waals surface area contributed by atoms with E-state index in [0.717, 1.165) is 16.7 Å². The molecule has 23 heavy (non-hydrogen) atoms. The molecule has 0 saturated heterocycles. The fourth-order valence-corrected chi connectivity index (χ4v) is 2.58. The molecule has 0 bridgehead atoms. The molecule has 0 aliphatic heterocycles. The minimum absolute atomic E-state index is 0.121. The number of hydrogen-bond acceptors (Lipinski definition) is 4. The first-order valence-electron chi connectivity index (χ1n) is 7.57. The number of rotatable bonds is 5. The molecule has 3 aromatic rings. The Labute approximate surface area is 134 Å². The van der Waals surface area contributed by atoms with E-state index in [1.807, 2.05) is 43.3 Å². The summed E-state index contributed by atoms with van der Waals surface area (Å²) in [4.78, 5) is 14.9. The molecule has 1 atom stereocenters. The minimum atomic E-state index is -1.13. The summed E-state index contributed by atoms with van der Waals surface area (Å²) < 4.78 is 5.47. The molecule has 0 aliphatic carbocycles. The van der Waals surface area contributed by atoms with Crippen molar-refractivity contribution in [2.45, 2.75) is 26.0 Å². The van der Waals surface area contributed by atoms with Gasteiger partial charge in [0.25, 0.3) is 5.56 Å². The number of fused-ring (bicyclic) bond motifs is 1. The van der Waals surface area contributed by atoms with Crippen molar-refractivity contribution in [3.8, 4) is 0 Å². The second-order valence-electron chi connectivity index (χ2n) is 6.00. The lowest BCUT2D eigenvalue weighted by molar-refractivity contribution is 0.0332. The van der Waals surface area contributed by atoms with E-state index in [1.54, 1.807) is 13.0 Å². The fraction of sp³-hybridized carbons (Fsp3) is 0.278. The number of H-pyrrole nitrogens is 1. The normalized spacial score (nSPS) is 14.0. The monoisotopic (exact) mass is 312 g/mol. The summed E-state index contributed by atoms with van der Waals surface area (Å²) in [6.45, 7) is 4.17. The number of aliphatic hydroxyl groups is 1. The van der Waals surface area contributed by atoms with Gasteiger partial charge in [0, 0.05) is 24.2 Å². The highest BCUT2D eigenvalue weighted by molar-refractivity contribution is 5.78. The summed E-state index contributed by atoms with van der Waals surface area (Å²) in [5, 5.41) is 14.6. The zero-order chi connectivity index (χ0) is 16.4. The fourth-order valence-electron chi connectivity index (χ4n) is 2.58. The number of furan rings is 1. The van der Waals surface area contributed by atoms with Gasteiger partial charge >= 0.3 is 0 Å². The van der Waals surface area contributed by atoms with Gasteiger partial charge < -0.3 is 19.8 Å². The van der Waals surface area contributed by atoms with E-state index in [1.165, 1.54) is 0 Å². The molecular weight excluding hydrogens is 292 g/mol. The predicted octanol–water partition coefficient (Wildman–Crippen LogP) is 2.43. The lowest BCUT2D eigenvalue weighted by atomic mass is 10.0. The zero-order valence-corrected chi connectivity index (χ0v) is 13.2. The lowest BCUT2D eigenvalue weighted by Crippen LogP contribution is -2.35. The predicted molar refractivity (Wildman–Crippen MR) is 89.3 cm³/mol. The van der Waals surface area contributed by atoms with Crippen LogP contribution < -0.4 is 10.9 Å². The molecule has 0 saturated carbocycles. The largest absolute Gasteiger partial charge is 0.463 e. The summed E-state index contributed by atoms with van der Waals surface area (Å²) in [5.74, 6) is 1.26. The first-order chi connectivity index (χ1) is 11.0. The van der Waals surface area contributed by atoms with Crippen LogP contribution in [0.1, 0.15) is 24.0 Å². The van der Waals surface area contributed by atoms with Gasteiger partial charge in [0.05, 0.1) is 0 Å². The third-order valence-corrected chi connectivity index (χ3v) is 3.89. The second-order valence-corrected chi connectivity index (χ2v) is 6.00. The Balaban J connectivity index is 1.71. The van der Waals surface area contributed by atoms with Crippen LogP contribution in [0, 0.1) is 6.92 Å². The van der Waals surface area contributed by atoms with E-state index in [-0.39, 0.29) is 12.1 Å². The van der Waals surface area contributed by atoms with E-state index in [9.17, 15) is 9.90 Å². The Morgan fingerprint density at radius 1 is 1.26 bits per heavy atom. The van der Waals surface area contributed by atoms with Crippen LogP contribution in [-0.2, 0) is 12.1 Å². The standard InChI is InChI=1S/C18H20N2O3/c1-12-7-8-16(23-12)18(2,22)11-19-10-14-9-13-5-3-4-6-15(13)20-17(14)21/h3-9,19,22H,10-11H2,1-2H3,(H,20,21). The van der Waals surface area contributed by atoms with Crippen molar-refractivity contribution in [2.75, 3.05) is 6.54 Å². The Morgan fingerprint density at radius 3 is 2.78 bits per heavy atom. The average molecular weight is 312 g/mol. The molecule has 1 aromatic carbocycles. The van der Waals surface area contributed by atoms with E-state index >= 15 is 0 Å². The van der Waals surface area contributed by atoms with Crippen LogP contribution in [-0.4, -0.2) is 16.6 Å². The van der Waals surface area contributed by atoms with Crippen molar-refractivity contribution in [2.24, 2.45) is 0 Å². The van der Waals surface area contributed by atoms with Crippen molar-refractivity contribution in [3.63, 3.8) is 0 Å². The van der Waals surface area contributed by atoms with Crippen molar-refractivity contribution in [1.82, 2.24) is 10.3 Å². The third kappa shape index (κ3) is 3.36. The molecule has 1 unspecified atom stereocenters. The van der Waals surface area contributed by atoms with E-state index < -0.39 is 5.60 Å². The van der Waals surface area contributed by atoms with Crippen molar-refractivity contribution in [3.05, 3.63) is 69.9 Å². The van der Waals surface area contributed by atoms with Crippen molar-refractivity contribution < 1.29 is 9.52 Å². The van der Waals surface area contributed by atoms with Crippen LogP contribution in [0.4, 0.5) is 0 Å². The first-order valence-corrected chi connectivity index (χ1v) is 7.57. The van der Waals surface area contributed by atoms with Gasteiger partial charge in [-0.05, 0) is 43.5 Å². The molecule has 0 amide bonds. The lowest BCUT2D eigenvalue weighted by Gasteiger charge is -2.21. The van der Waals surface area contributed by atoms with Crippen LogP contribution in [0.3, 0.4) is 0 Å². The summed E-state index contributed by atoms with van der Waals surface area (Å²) in [5.41, 5.74) is 0.205. The number of aromatic nitrogens is 1. The second kappa shape index (κ2) is 6.02. The number of aryl methyl sites for hydroxylation is 1. The molecule has 0 fully saturated rings. The van der Waals surface area contributed by atoms with Crippen LogP contribution in [0.15, 0.2) is 51.7 Å². The van der Waals surface area contributed by atoms with Gasteiger partial charge in [0.2, 0.25) is 0 Å². The van der Waals surface area contributed by atoms with Gasteiger partial charge in [-0.25, -0.2) is 0 Å². The Hall–Kier alpha value is -2.37. The topological polar surface area (TPSA) is 78.3 Å². The molecule has 5 nitrogen and oxygen atoms in total. The van der Waals surface area contributed by atoms with Gasteiger partial charge in [-0.1, -0.05) is 18.2 Å². The smallest absolute Gasteiger partial charge is 0.252 e. The Kier molecular flexibility index (Phi) is 4.07. The molecule has 3 rings (SSSR count). The minimum Gasteiger partial charge on any atom is -0.463 e. The number of para-hydroxylation sites is 1. The molecular formula is C18H20N2O3. The van der Waals surface area contributed by atoms with Gasteiger partial charge in [0.1, 0.15) is 17.1 Å². The zero-order valence-electron chi connectivity index (χ0n) is 13.2. The molecule has 5 heteroatoms. The molecule has 120 valence electrons. The molecule has 3 N–H and O–H groups in total. The molecule has 0 radical (unpaired) electrons. The molecule has 2 heterocycles. The maximum absolute atomic E-state index is 12.1. The third-order valence-electron chi connectivity index (χ3n) is 3.89. The highest BCUT2D eigenvalue weighted by atomic mass is 16.4. The maximum Gasteiger partial charge on any atom is 0.252 e. The number of aromatic amines is 1. The van der Waals surface area contributed by atoms with E-state index in [2.05, 4.69) is 10.3 Å². The summed E-state index contributed by atoms with van der Waals surface area (Å²) in [7, 11) is 0. The summed E-state index contributed by atoms with van der Waals surface area (Å²) >= 11 is 0. The Morgan fingerprint density at radius 2 is 2.04 bits per heavy atom. The summed E-state index contributed by atoms with van der Waals surface area (Å²) in [6.07, 6.45) is 0. The highest BCUT2D eigenvalue weighted by Gasteiger charge is 2.26. The Bertz CT molecular complexity index is 877. The molecule has 0 spiro atoms. The molecule has 2 aromatic heterocycles. The quantitative estimate of drug-likeness (QED) is 0.676. The average Bonchev–Trinajstić information content (AvgIpc) is 2.95. The van der Waals surface area contributed by atoms with Crippen LogP contribution >= 0.6 is 0 Å². The highest BCUT2D eigenvalue weighted by Crippen LogP contribution is 2.22. The number of nitrogens with one attached hydrogen (secondary N) is 2. The van der Waals surface area contributed by atoms with Crippen molar-refractivity contribution >= 4 is 10.9 Å². The van der Waals surface area contributed by atoms with Crippen LogP contribution in [0.5, 0.6) is 0 Å². The number of pyridine rings is 1. The van der Waals surface area contributed by atoms with Crippen LogP contribution in [0.2, 0.25) is 0 Å². The SMILES string of the molecule is Cc1ccc(C(C)(O)CNCc2cc3ccccc3[nH]c2=O)o1. The summed E-state index contributed by atoms with van der Waals surface area (Å²) in [6, 6.07) is 13.1. The van der Waals surface area contributed by atoms with Gasteiger partial charge in [-0.15, -0.1) is 0 Å². The van der Waals surface area contributed by atoms with Gasteiger partial charge in [-0.3, -0.25) is 4.79 Å². The van der Waals surface area contributed by atoms with E-state index in [4.69, 9.17) is 4.42 Å². The van der Waals surface area contributed by atoms with Crippen molar-refractivity contribution in [1.29, 1.82) is 0 Å². The number of hydrogen-bond donors (Lipinski definition) is 3. The van der Waals surface area contributed by atoms with Gasteiger partial charge in [-0.2, -0.15) is 0 Å². The molecule has 0 aliphatic rings. The van der Waals surface area contributed by atoms with Gasteiger partial charge in [0.15, 0.2) is 0 Å². The maximum atomic E-state index is 12.1. The van der Waals surface area contributed by atoms with E-state index in [0.29, 0.717) is 17.9 Å². The van der Waals surface area contributed by atoms with Crippen LogP contribution in [0.25, 0.3) is 10.9 Å². The first kappa shape index (κ1) is 15.5. The number of benzene rings is 1.